The first-order chi connectivity index (χ1) is 16.3. The van der Waals surface area contributed by atoms with Gasteiger partial charge in [0, 0.05) is 29.7 Å². The predicted octanol–water partition coefficient (Wildman–Crippen LogP) is 6.69. The van der Waals surface area contributed by atoms with E-state index in [1.54, 1.807) is 12.1 Å². The lowest BCUT2D eigenvalue weighted by Gasteiger charge is -2.09. The number of hydrogen-bond donors (Lipinski definition) is 1. The Hall–Kier alpha value is -3.23. The van der Waals surface area contributed by atoms with Crippen LogP contribution in [0.4, 0.5) is 17.6 Å². The molecule has 1 amide bonds. The third-order valence-electron chi connectivity index (χ3n) is 5.34. The van der Waals surface area contributed by atoms with Crippen LogP contribution >= 0.6 is 11.3 Å². The van der Waals surface area contributed by atoms with Crippen LogP contribution in [-0.2, 0) is 17.3 Å². The molecule has 1 N–H and O–H groups in total. The molecule has 0 aliphatic heterocycles. The summed E-state index contributed by atoms with van der Waals surface area (Å²) in [5.74, 6) is -1.15. The van der Waals surface area contributed by atoms with Gasteiger partial charge in [-0.05, 0) is 46.3 Å². The van der Waals surface area contributed by atoms with E-state index >= 15 is 0 Å². The zero-order valence-electron chi connectivity index (χ0n) is 18.2. The molecule has 0 radical (unpaired) electrons. The summed E-state index contributed by atoms with van der Waals surface area (Å²) < 4.78 is 59.4. The van der Waals surface area contributed by atoms with E-state index in [2.05, 4.69) is 5.32 Å². The molecule has 8 heteroatoms. The summed E-state index contributed by atoms with van der Waals surface area (Å²) in [6.45, 7) is 0.578. The Balaban J connectivity index is 1.66. The fourth-order valence-electron chi connectivity index (χ4n) is 3.72. The molecule has 0 aliphatic carbocycles. The molecule has 1 aromatic heterocycles. The Labute approximate surface area is 198 Å². The van der Waals surface area contributed by atoms with Crippen LogP contribution in [-0.4, -0.2) is 26.2 Å². The van der Waals surface area contributed by atoms with Crippen LogP contribution in [0, 0.1) is 5.82 Å². The fourth-order valence-corrected chi connectivity index (χ4v) is 4.95. The molecule has 0 bridgehead atoms. The van der Waals surface area contributed by atoms with Gasteiger partial charge in [0.15, 0.2) is 0 Å². The van der Waals surface area contributed by atoms with Gasteiger partial charge in [-0.3, -0.25) is 4.79 Å². The van der Waals surface area contributed by atoms with Gasteiger partial charge >= 0.3 is 6.18 Å². The molecule has 1 heterocycles. The Morgan fingerprint density at radius 1 is 1.03 bits per heavy atom. The van der Waals surface area contributed by atoms with Crippen molar-refractivity contribution in [3.63, 3.8) is 0 Å². The van der Waals surface area contributed by atoms with Gasteiger partial charge in [0.2, 0.25) is 0 Å². The first-order valence-electron chi connectivity index (χ1n) is 10.5. The summed E-state index contributed by atoms with van der Waals surface area (Å²) in [5.41, 5.74) is 1.33. The maximum Gasteiger partial charge on any atom is 0.416 e. The van der Waals surface area contributed by atoms with Crippen LogP contribution in [0.1, 0.15) is 26.4 Å². The molecule has 0 aliphatic rings. The van der Waals surface area contributed by atoms with Gasteiger partial charge < -0.3 is 10.1 Å². The zero-order valence-corrected chi connectivity index (χ0v) is 19.0. The second-order valence-electron chi connectivity index (χ2n) is 7.75. The zero-order chi connectivity index (χ0) is 24.3. The van der Waals surface area contributed by atoms with E-state index in [0.29, 0.717) is 24.2 Å². The second kappa shape index (κ2) is 9.95. The third-order valence-corrected chi connectivity index (χ3v) is 6.53. The minimum atomic E-state index is -4.39. The van der Waals surface area contributed by atoms with Gasteiger partial charge in [0.05, 0.1) is 17.7 Å². The number of methoxy groups -OCH3 is 1. The molecular formula is C26H21F4NO2S. The Kier molecular flexibility index (Phi) is 7.00. The van der Waals surface area contributed by atoms with Crippen molar-refractivity contribution in [2.24, 2.45) is 0 Å². The van der Waals surface area contributed by atoms with Crippen molar-refractivity contribution < 1.29 is 27.1 Å². The van der Waals surface area contributed by atoms with Crippen molar-refractivity contribution in [3.05, 3.63) is 94.1 Å². The summed E-state index contributed by atoms with van der Waals surface area (Å²) in [6.07, 6.45) is -4.03. The number of fused-ring (bicyclic) bond motifs is 1. The third kappa shape index (κ3) is 5.29. The number of hydrogen-bond acceptors (Lipinski definition) is 3. The molecule has 4 aromatic rings. The number of benzene rings is 3. The normalized spacial score (nSPS) is 11.7. The van der Waals surface area contributed by atoms with Crippen molar-refractivity contribution in [2.45, 2.75) is 12.6 Å². The van der Waals surface area contributed by atoms with E-state index in [1.807, 2.05) is 24.3 Å². The van der Waals surface area contributed by atoms with Gasteiger partial charge in [-0.15, -0.1) is 11.3 Å². The SMILES string of the molecule is COCCNC(=O)c1cc(-c2cccc3cc(Cc4cccc(C(F)(F)F)c4)sc23)ccc1F. The lowest BCUT2D eigenvalue weighted by Crippen LogP contribution is -2.27. The first kappa shape index (κ1) is 23.9. The molecule has 0 spiro atoms. The molecule has 0 atom stereocenters. The molecule has 0 saturated heterocycles. The van der Waals surface area contributed by atoms with E-state index in [0.717, 1.165) is 26.6 Å². The minimum absolute atomic E-state index is 0.0636. The van der Waals surface area contributed by atoms with E-state index in [9.17, 15) is 22.4 Å². The summed E-state index contributed by atoms with van der Waals surface area (Å²) in [5, 5.41) is 3.55. The largest absolute Gasteiger partial charge is 0.416 e. The summed E-state index contributed by atoms with van der Waals surface area (Å²) in [6, 6.07) is 17.3. The van der Waals surface area contributed by atoms with Gasteiger partial charge in [0.1, 0.15) is 5.82 Å². The van der Waals surface area contributed by atoms with Gasteiger partial charge in [0.25, 0.3) is 5.91 Å². The lowest BCUT2D eigenvalue weighted by molar-refractivity contribution is -0.137. The Bertz CT molecular complexity index is 1330. The Morgan fingerprint density at radius 2 is 1.82 bits per heavy atom. The molecule has 0 saturated carbocycles. The van der Waals surface area contributed by atoms with E-state index < -0.39 is 23.5 Å². The van der Waals surface area contributed by atoms with Crippen LogP contribution < -0.4 is 5.32 Å². The summed E-state index contributed by atoms with van der Waals surface area (Å²) >= 11 is 1.47. The molecular weight excluding hydrogens is 466 g/mol. The summed E-state index contributed by atoms with van der Waals surface area (Å²) in [7, 11) is 1.51. The predicted molar refractivity (Wildman–Crippen MR) is 126 cm³/mol. The number of nitrogens with one attached hydrogen (secondary N) is 1. The standard InChI is InChI=1S/C26H21F4NO2S/c1-33-11-10-31-25(32)22-15-17(8-9-23(22)27)21-7-3-5-18-14-20(34-24(18)21)13-16-4-2-6-19(12-16)26(28,29)30/h2-9,12,14-15H,10-11,13H2,1H3,(H,31,32). The van der Waals surface area contributed by atoms with Gasteiger partial charge in [-0.25, -0.2) is 4.39 Å². The number of halogens is 4. The number of carbonyl (C=O) groups is 1. The van der Waals surface area contributed by atoms with Crippen molar-refractivity contribution in [1.29, 1.82) is 0 Å². The first-order valence-corrected chi connectivity index (χ1v) is 11.3. The topological polar surface area (TPSA) is 38.3 Å². The molecule has 0 fully saturated rings. The van der Waals surface area contributed by atoms with E-state index in [1.165, 1.54) is 42.7 Å². The van der Waals surface area contributed by atoms with Gasteiger partial charge in [-0.2, -0.15) is 13.2 Å². The van der Waals surface area contributed by atoms with Crippen LogP contribution in [0.2, 0.25) is 0 Å². The van der Waals surface area contributed by atoms with Crippen molar-refractivity contribution in [3.8, 4) is 11.1 Å². The average molecular weight is 488 g/mol. The number of alkyl halides is 3. The minimum Gasteiger partial charge on any atom is -0.383 e. The summed E-state index contributed by atoms with van der Waals surface area (Å²) in [4.78, 5) is 13.3. The van der Waals surface area contributed by atoms with Crippen LogP contribution in [0.25, 0.3) is 21.2 Å². The smallest absolute Gasteiger partial charge is 0.383 e. The maximum atomic E-state index is 14.4. The average Bonchev–Trinajstić information content (AvgIpc) is 3.21. The number of carbonyl (C=O) groups excluding carboxylic acids is 1. The quantitative estimate of drug-likeness (QED) is 0.233. The number of ether oxygens (including phenoxy) is 1. The maximum absolute atomic E-state index is 14.4. The monoisotopic (exact) mass is 487 g/mol. The molecule has 4 rings (SSSR count). The number of thiophene rings is 1. The molecule has 0 unspecified atom stereocenters. The van der Waals surface area contributed by atoms with Crippen molar-refractivity contribution in [2.75, 3.05) is 20.3 Å². The fraction of sp³-hybridized carbons (Fsp3) is 0.192. The van der Waals surface area contributed by atoms with Crippen LogP contribution in [0.15, 0.2) is 66.7 Å². The second-order valence-corrected chi connectivity index (χ2v) is 8.89. The Morgan fingerprint density at radius 3 is 2.59 bits per heavy atom. The van der Waals surface area contributed by atoms with E-state index in [-0.39, 0.29) is 12.1 Å². The number of amides is 1. The molecule has 3 aromatic carbocycles. The van der Waals surface area contributed by atoms with E-state index in [4.69, 9.17) is 4.74 Å². The molecule has 176 valence electrons. The lowest BCUT2D eigenvalue weighted by atomic mass is 10.0. The number of rotatable bonds is 7. The van der Waals surface area contributed by atoms with Crippen LogP contribution in [0.5, 0.6) is 0 Å². The van der Waals surface area contributed by atoms with Gasteiger partial charge in [-0.1, -0.05) is 42.5 Å². The van der Waals surface area contributed by atoms with Crippen molar-refractivity contribution in [1.82, 2.24) is 5.32 Å². The highest BCUT2D eigenvalue weighted by Gasteiger charge is 2.30. The molecule has 3 nitrogen and oxygen atoms in total. The highest BCUT2D eigenvalue weighted by atomic mass is 32.1. The van der Waals surface area contributed by atoms with Crippen LogP contribution in [0.3, 0.4) is 0 Å². The molecule has 34 heavy (non-hydrogen) atoms. The van der Waals surface area contributed by atoms with Crippen molar-refractivity contribution >= 4 is 27.3 Å². The highest BCUT2D eigenvalue weighted by molar-refractivity contribution is 7.19. The highest BCUT2D eigenvalue weighted by Crippen LogP contribution is 2.37.